The van der Waals surface area contributed by atoms with Crippen LogP contribution >= 0.6 is 0 Å². The van der Waals surface area contributed by atoms with Crippen molar-refractivity contribution in [1.29, 1.82) is 5.26 Å². The summed E-state index contributed by atoms with van der Waals surface area (Å²) in [5.41, 5.74) is -1.28. The van der Waals surface area contributed by atoms with Crippen molar-refractivity contribution in [3.8, 4) is 6.07 Å². The number of alkyl halides is 3. The Labute approximate surface area is 108 Å². The average molecular weight is 274 g/mol. The highest BCUT2D eigenvalue weighted by molar-refractivity contribution is 5.53. The van der Waals surface area contributed by atoms with Gasteiger partial charge in [0.2, 0.25) is 0 Å². The number of ether oxygens (including phenoxy) is 1. The predicted octanol–water partition coefficient (Wildman–Crippen LogP) is 2.00. The van der Waals surface area contributed by atoms with Crippen LogP contribution in [0.4, 0.5) is 18.9 Å². The number of halogens is 3. The molecule has 0 heterocycles. The first-order chi connectivity index (χ1) is 8.92. The molecular weight excluding hydrogens is 261 g/mol. The van der Waals surface area contributed by atoms with Crippen LogP contribution in [0.2, 0.25) is 0 Å². The Hall–Kier alpha value is -1.78. The topological polar surface area (TPSA) is 65.3 Å². The molecule has 0 saturated heterocycles. The summed E-state index contributed by atoms with van der Waals surface area (Å²) in [6.07, 6.45) is -4.60. The maximum atomic E-state index is 12.7. The number of nitrogens with one attached hydrogen (secondary N) is 1. The second kappa shape index (κ2) is 6.41. The molecule has 1 rings (SSSR count). The Balaban J connectivity index is 3.02. The first kappa shape index (κ1) is 15.3. The third-order valence-corrected chi connectivity index (χ3v) is 2.40. The fourth-order valence-corrected chi connectivity index (χ4v) is 1.54. The van der Waals surface area contributed by atoms with Gasteiger partial charge in [-0.15, -0.1) is 0 Å². The van der Waals surface area contributed by atoms with E-state index in [-0.39, 0.29) is 18.9 Å². The number of nitriles is 1. The maximum absolute atomic E-state index is 12.7. The fraction of sp³-hybridized carbons (Fsp3) is 0.417. The number of nitrogens with zero attached hydrogens (tertiary/aromatic N) is 1. The van der Waals surface area contributed by atoms with E-state index >= 15 is 0 Å². The van der Waals surface area contributed by atoms with E-state index in [0.717, 1.165) is 12.1 Å². The molecule has 0 saturated carbocycles. The van der Waals surface area contributed by atoms with Crippen molar-refractivity contribution in [2.45, 2.75) is 12.2 Å². The molecule has 19 heavy (non-hydrogen) atoms. The minimum absolute atomic E-state index is 0.151. The van der Waals surface area contributed by atoms with Crippen molar-refractivity contribution in [3.63, 3.8) is 0 Å². The van der Waals surface area contributed by atoms with Gasteiger partial charge in [-0.05, 0) is 18.2 Å². The highest BCUT2D eigenvalue weighted by atomic mass is 19.4. The van der Waals surface area contributed by atoms with Crippen LogP contribution in [-0.2, 0) is 10.9 Å². The molecule has 0 bridgehead atoms. The van der Waals surface area contributed by atoms with Gasteiger partial charge in [-0.25, -0.2) is 0 Å². The summed E-state index contributed by atoms with van der Waals surface area (Å²) in [5, 5.41) is 20.4. The van der Waals surface area contributed by atoms with Gasteiger partial charge in [0.15, 0.2) is 0 Å². The Morgan fingerprint density at radius 1 is 1.47 bits per heavy atom. The lowest BCUT2D eigenvalue weighted by Gasteiger charge is -2.18. The fourth-order valence-electron chi connectivity index (χ4n) is 1.54. The Morgan fingerprint density at radius 3 is 2.63 bits per heavy atom. The summed E-state index contributed by atoms with van der Waals surface area (Å²) in [4.78, 5) is 0. The Kier molecular flexibility index (Phi) is 5.15. The quantitative estimate of drug-likeness (QED) is 0.862. The van der Waals surface area contributed by atoms with E-state index < -0.39 is 23.3 Å². The lowest BCUT2D eigenvalue weighted by Crippen LogP contribution is -2.28. The zero-order chi connectivity index (χ0) is 14.5. The first-order valence-electron chi connectivity index (χ1n) is 5.40. The van der Waals surface area contributed by atoms with Crippen molar-refractivity contribution >= 4 is 5.69 Å². The molecule has 1 atom stereocenters. The molecule has 4 nitrogen and oxygen atoms in total. The van der Waals surface area contributed by atoms with Crippen LogP contribution in [0.5, 0.6) is 0 Å². The van der Waals surface area contributed by atoms with Crippen molar-refractivity contribution in [3.05, 3.63) is 29.3 Å². The standard InChI is InChI=1S/C12H13F3N2O2/c1-19-7-10(6-18)17-9-3-2-8(5-16)11(4-9)12(13,14)15/h2-4,10,17-18H,6-7H2,1H3. The van der Waals surface area contributed by atoms with Gasteiger partial charge in [0.1, 0.15) is 0 Å². The zero-order valence-corrected chi connectivity index (χ0v) is 10.2. The summed E-state index contributed by atoms with van der Waals surface area (Å²) in [6, 6.07) is 4.27. The van der Waals surface area contributed by atoms with Crippen molar-refractivity contribution in [2.24, 2.45) is 0 Å². The highest BCUT2D eigenvalue weighted by Crippen LogP contribution is 2.33. The molecule has 0 aliphatic carbocycles. The molecule has 1 aromatic rings. The molecule has 1 aromatic carbocycles. The average Bonchev–Trinajstić information content (AvgIpc) is 2.37. The third kappa shape index (κ3) is 4.12. The molecule has 0 aromatic heterocycles. The lowest BCUT2D eigenvalue weighted by atomic mass is 10.1. The van der Waals surface area contributed by atoms with Crippen molar-refractivity contribution in [1.82, 2.24) is 0 Å². The van der Waals surface area contributed by atoms with E-state index in [9.17, 15) is 13.2 Å². The number of hydrogen-bond acceptors (Lipinski definition) is 4. The van der Waals surface area contributed by atoms with Crippen molar-refractivity contribution in [2.75, 3.05) is 25.6 Å². The Morgan fingerprint density at radius 2 is 2.16 bits per heavy atom. The van der Waals surface area contributed by atoms with Crippen molar-refractivity contribution < 1.29 is 23.0 Å². The minimum Gasteiger partial charge on any atom is -0.394 e. The van der Waals surface area contributed by atoms with E-state index in [2.05, 4.69) is 5.32 Å². The summed E-state index contributed by atoms with van der Waals surface area (Å²) in [6.45, 7) is -0.132. The van der Waals surface area contributed by atoms with Gasteiger partial charge in [0, 0.05) is 12.8 Å². The molecule has 0 radical (unpaired) electrons. The number of rotatable bonds is 5. The van der Waals surface area contributed by atoms with Crippen LogP contribution in [0.1, 0.15) is 11.1 Å². The van der Waals surface area contributed by atoms with E-state index in [4.69, 9.17) is 15.1 Å². The Bertz CT molecular complexity index is 469. The van der Waals surface area contributed by atoms with Gasteiger partial charge >= 0.3 is 6.18 Å². The van der Waals surface area contributed by atoms with Gasteiger partial charge in [0.25, 0.3) is 0 Å². The molecule has 7 heteroatoms. The molecule has 0 aliphatic heterocycles. The second-order valence-electron chi connectivity index (χ2n) is 3.85. The molecule has 1 unspecified atom stereocenters. The van der Waals surface area contributed by atoms with Gasteiger partial charge in [-0.3, -0.25) is 0 Å². The van der Waals surface area contributed by atoms with E-state index in [1.165, 1.54) is 19.2 Å². The monoisotopic (exact) mass is 274 g/mol. The second-order valence-corrected chi connectivity index (χ2v) is 3.85. The minimum atomic E-state index is -4.60. The summed E-state index contributed by atoms with van der Waals surface area (Å²) >= 11 is 0. The third-order valence-electron chi connectivity index (χ3n) is 2.40. The van der Waals surface area contributed by atoms with E-state index in [1.807, 2.05) is 0 Å². The maximum Gasteiger partial charge on any atom is 0.417 e. The molecule has 0 fully saturated rings. The molecule has 2 N–H and O–H groups in total. The van der Waals surface area contributed by atoms with Gasteiger partial charge < -0.3 is 15.2 Å². The molecule has 0 amide bonds. The smallest absolute Gasteiger partial charge is 0.394 e. The summed E-state index contributed by atoms with van der Waals surface area (Å²) < 4.78 is 43.0. The normalized spacial score (nSPS) is 12.8. The largest absolute Gasteiger partial charge is 0.417 e. The zero-order valence-electron chi connectivity index (χ0n) is 10.2. The van der Waals surface area contributed by atoms with Crippen LogP contribution in [0.3, 0.4) is 0 Å². The summed E-state index contributed by atoms with van der Waals surface area (Å²) in [5.74, 6) is 0. The van der Waals surface area contributed by atoms with Crippen LogP contribution in [-0.4, -0.2) is 31.5 Å². The molecular formula is C12H13F3N2O2. The van der Waals surface area contributed by atoms with Crippen LogP contribution in [0.15, 0.2) is 18.2 Å². The van der Waals surface area contributed by atoms with E-state index in [0.29, 0.717) is 0 Å². The SMILES string of the molecule is COCC(CO)Nc1ccc(C#N)c(C(F)(F)F)c1. The number of anilines is 1. The van der Waals surface area contributed by atoms with Gasteiger partial charge in [-0.1, -0.05) is 0 Å². The number of benzene rings is 1. The first-order valence-corrected chi connectivity index (χ1v) is 5.40. The molecule has 0 spiro atoms. The molecule has 104 valence electrons. The van der Waals surface area contributed by atoms with Gasteiger partial charge in [-0.2, -0.15) is 18.4 Å². The molecule has 0 aliphatic rings. The number of methoxy groups -OCH3 is 1. The lowest BCUT2D eigenvalue weighted by molar-refractivity contribution is -0.137. The predicted molar refractivity (Wildman–Crippen MR) is 62.5 cm³/mol. The highest BCUT2D eigenvalue weighted by Gasteiger charge is 2.33. The number of aliphatic hydroxyl groups excluding tert-OH is 1. The summed E-state index contributed by atoms with van der Waals surface area (Å²) in [7, 11) is 1.42. The van der Waals surface area contributed by atoms with Crippen LogP contribution < -0.4 is 5.32 Å². The van der Waals surface area contributed by atoms with Crippen LogP contribution in [0, 0.1) is 11.3 Å². The number of hydrogen-bond donors (Lipinski definition) is 2. The van der Waals surface area contributed by atoms with Gasteiger partial charge in [0.05, 0.1) is 36.5 Å². The number of aliphatic hydroxyl groups is 1. The van der Waals surface area contributed by atoms with Crippen LogP contribution in [0.25, 0.3) is 0 Å². The van der Waals surface area contributed by atoms with E-state index in [1.54, 1.807) is 0 Å².